The fourth-order valence-electron chi connectivity index (χ4n) is 2.35. The molecule has 4 N–H and O–H groups in total. The van der Waals surface area contributed by atoms with Crippen molar-refractivity contribution in [1.82, 2.24) is 0 Å². The summed E-state index contributed by atoms with van der Waals surface area (Å²) in [5.74, 6) is -1.23. The Labute approximate surface area is 164 Å². The minimum Gasteiger partial charge on any atom is -0.504 e. The third-order valence-corrected chi connectivity index (χ3v) is 3.54. The second-order valence-corrected chi connectivity index (χ2v) is 7.58. The third kappa shape index (κ3) is 5.39. The number of rotatable bonds is 5. The molecule has 2 aromatic rings. The molecule has 1 amide bonds. The Bertz CT molecular complexity index is 868. The number of nitrogens with one attached hydrogen (secondary N) is 1. The molecule has 2 rings (SSSR count). The fraction of sp³-hybridized carbons (Fsp3) is 0.333. The average molecular weight is 386 g/mol. The molecule has 150 valence electrons. The lowest BCUT2D eigenvalue weighted by Gasteiger charge is -2.19. The molecule has 0 fully saturated rings. The summed E-state index contributed by atoms with van der Waals surface area (Å²) in [5, 5.41) is 13.0. The minimum absolute atomic E-state index is 0.0288. The normalized spacial score (nSPS) is 11.2. The van der Waals surface area contributed by atoms with Crippen LogP contribution in [0.25, 0.3) is 0 Å². The van der Waals surface area contributed by atoms with Crippen molar-refractivity contribution in [3.05, 3.63) is 47.5 Å². The van der Waals surface area contributed by atoms with Crippen LogP contribution in [0.2, 0.25) is 0 Å². The third-order valence-electron chi connectivity index (χ3n) is 3.54. The van der Waals surface area contributed by atoms with Gasteiger partial charge in [-0.1, -0.05) is 0 Å². The Morgan fingerprint density at radius 1 is 1.07 bits per heavy atom. The first kappa shape index (κ1) is 21.1. The molecular formula is C21H26N2O5. The van der Waals surface area contributed by atoms with Crippen LogP contribution in [-0.4, -0.2) is 28.7 Å². The fourth-order valence-corrected chi connectivity index (χ4v) is 2.35. The minimum atomic E-state index is -0.591. The number of hydrogen-bond donors (Lipinski definition) is 3. The van der Waals surface area contributed by atoms with Gasteiger partial charge in [-0.15, -0.1) is 0 Å². The van der Waals surface area contributed by atoms with Gasteiger partial charge in [-0.3, -0.25) is 4.79 Å². The highest BCUT2D eigenvalue weighted by atomic mass is 16.6. The summed E-state index contributed by atoms with van der Waals surface area (Å²) < 4.78 is 10.8. The van der Waals surface area contributed by atoms with E-state index in [0.29, 0.717) is 11.3 Å². The Morgan fingerprint density at radius 3 is 2.21 bits per heavy atom. The highest BCUT2D eigenvalue weighted by Crippen LogP contribution is 2.36. The number of carbonyl (C=O) groups excluding carboxylic acids is 2. The maximum absolute atomic E-state index is 12.5. The zero-order valence-electron chi connectivity index (χ0n) is 16.7. The van der Waals surface area contributed by atoms with E-state index < -0.39 is 17.5 Å². The zero-order chi connectivity index (χ0) is 21.1. The lowest BCUT2D eigenvalue weighted by atomic mass is 10.1. The molecule has 0 radical (unpaired) electrons. The quantitative estimate of drug-likeness (QED) is 0.530. The number of carbonyl (C=O) groups is 2. The van der Waals surface area contributed by atoms with E-state index in [1.165, 1.54) is 12.1 Å². The van der Waals surface area contributed by atoms with E-state index >= 15 is 0 Å². The van der Waals surface area contributed by atoms with Crippen molar-refractivity contribution in [3.63, 3.8) is 0 Å². The molecule has 0 saturated carbocycles. The molecule has 0 unspecified atom stereocenters. The van der Waals surface area contributed by atoms with E-state index in [1.54, 1.807) is 58.9 Å². The standard InChI is InChI=1S/C21H26N2O5/c1-12(2)27-18-16(22)11-10-15(17(18)24)19(25)23-14-8-6-13(7-9-14)20(26)28-21(3,4)5/h6-12,24H,22H2,1-5H3,(H,23,25). The van der Waals surface area contributed by atoms with Crippen LogP contribution in [0, 0.1) is 0 Å². The van der Waals surface area contributed by atoms with Crippen molar-refractivity contribution >= 4 is 23.3 Å². The molecule has 0 aromatic heterocycles. The van der Waals surface area contributed by atoms with Gasteiger partial charge < -0.3 is 25.6 Å². The summed E-state index contributed by atoms with van der Waals surface area (Å²) >= 11 is 0. The van der Waals surface area contributed by atoms with Crippen molar-refractivity contribution in [2.24, 2.45) is 0 Å². The molecule has 0 atom stereocenters. The van der Waals surface area contributed by atoms with Crippen LogP contribution < -0.4 is 15.8 Å². The molecule has 28 heavy (non-hydrogen) atoms. The van der Waals surface area contributed by atoms with Gasteiger partial charge in [-0.2, -0.15) is 0 Å². The average Bonchev–Trinajstić information content (AvgIpc) is 2.57. The number of phenolic OH excluding ortho intramolecular Hbond substituents is 1. The second kappa shape index (κ2) is 8.21. The first-order valence-corrected chi connectivity index (χ1v) is 8.91. The molecule has 0 spiro atoms. The largest absolute Gasteiger partial charge is 0.504 e. The van der Waals surface area contributed by atoms with Crippen LogP contribution in [0.4, 0.5) is 11.4 Å². The van der Waals surface area contributed by atoms with E-state index in [9.17, 15) is 14.7 Å². The maximum atomic E-state index is 12.5. The Hall–Kier alpha value is -3.22. The molecule has 2 aromatic carbocycles. The number of nitrogen functional groups attached to an aromatic ring is 1. The van der Waals surface area contributed by atoms with Crippen LogP contribution in [0.3, 0.4) is 0 Å². The van der Waals surface area contributed by atoms with E-state index in [-0.39, 0.29) is 28.9 Å². The van der Waals surface area contributed by atoms with Crippen molar-refractivity contribution in [1.29, 1.82) is 0 Å². The molecule has 0 saturated heterocycles. The van der Waals surface area contributed by atoms with Crippen LogP contribution in [0.15, 0.2) is 36.4 Å². The van der Waals surface area contributed by atoms with Gasteiger partial charge >= 0.3 is 5.97 Å². The Morgan fingerprint density at radius 2 is 1.68 bits per heavy atom. The van der Waals surface area contributed by atoms with Gasteiger partial charge in [0, 0.05) is 5.69 Å². The van der Waals surface area contributed by atoms with Crippen LogP contribution in [0.5, 0.6) is 11.5 Å². The number of esters is 1. The van der Waals surface area contributed by atoms with E-state index in [4.69, 9.17) is 15.2 Å². The number of aromatic hydroxyl groups is 1. The highest BCUT2D eigenvalue weighted by molar-refractivity contribution is 6.07. The van der Waals surface area contributed by atoms with Crippen molar-refractivity contribution in [3.8, 4) is 11.5 Å². The number of hydrogen-bond acceptors (Lipinski definition) is 6. The zero-order valence-corrected chi connectivity index (χ0v) is 16.7. The van der Waals surface area contributed by atoms with Crippen LogP contribution >= 0.6 is 0 Å². The first-order valence-electron chi connectivity index (χ1n) is 8.91. The Balaban J connectivity index is 2.16. The Kier molecular flexibility index (Phi) is 6.18. The van der Waals surface area contributed by atoms with Gasteiger partial charge in [0.25, 0.3) is 5.91 Å². The number of anilines is 2. The summed E-state index contributed by atoms with van der Waals surface area (Å²) in [7, 11) is 0. The summed E-state index contributed by atoms with van der Waals surface area (Å²) in [5.41, 5.74) is 6.33. The predicted octanol–water partition coefficient (Wildman–Crippen LogP) is 3.97. The number of phenols is 1. The van der Waals surface area contributed by atoms with Crippen LogP contribution in [0.1, 0.15) is 55.3 Å². The van der Waals surface area contributed by atoms with Gasteiger partial charge in [0.15, 0.2) is 11.5 Å². The van der Waals surface area contributed by atoms with E-state index in [1.807, 2.05) is 0 Å². The number of amides is 1. The van der Waals surface area contributed by atoms with Crippen molar-refractivity contribution in [2.75, 3.05) is 11.1 Å². The summed E-state index contributed by atoms with van der Waals surface area (Å²) in [4.78, 5) is 24.6. The number of nitrogens with two attached hydrogens (primary N) is 1. The highest BCUT2D eigenvalue weighted by Gasteiger charge is 2.20. The molecule has 0 bridgehead atoms. The monoisotopic (exact) mass is 386 g/mol. The van der Waals surface area contributed by atoms with Gasteiger partial charge in [0.05, 0.1) is 22.9 Å². The van der Waals surface area contributed by atoms with E-state index in [2.05, 4.69) is 5.32 Å². The van der Waals surface area contributed by atoms with Gasteiger partial charge in [-0.25, -0.2) is 4.79 Å². The van der Waals surface area contributed by atoms with Crippen LogP contribution in [-0.2, 0) is 4.74 Å². The smallest absolute Gasteiger partial charge is 0.338 e. The maximum Gasteiger partial charge on any atom is 0.338 e. The molecule has 0 aliphatic rings. The molecule has 0 heterocycles. The summed E-state index contributed by atoms with van der Waals surface area (Å²) in [6.45, 7) is 8.94. The van der Waals surface area contributed by atoms with Gasteiger partial charge in [0.1, 0.15) is 5.60 Å². The lowest BCUT2D eigenvalue weighted by molar-refractivity contribution is 0.00695. The molecule has 7 nitrogen and oxygen atoms in total. The SMILES string of the molecule is CC(C)Oc1c(N)ccc(C(=O)Nc2ccc(C(=O)OC(C)(C)C)cc2)c1O. The molecule has 7 heteroatoms. The summed E-state index contributed by atoms with van der Waals surface area (Å²) in [6, 6.07) is 9.19. The van der Waals surface area contributed by atoms with Gasteiger partial charge in [-0.05, 0) is 71.0 Å². The van der Waals surface area contributed by atoms with Gasteiger partial charge in [0.2, 0.25) is 0 Å². The topological polar surface area (TPSA) is 111 Å². The van der Waals surface area contributed by atoms with Crippen molar-refractivity contribution in [2.45, 2.75) is 46.3 Å². The van der Waals surface area contributed by atoms with E-state index in [0.717, 1.165) is 0 Å². The molecule has 0 aliphatic heterocycles. The van der Waals surface area contributed by atoms with Crippen molar-refractivity contribution < 1.29 is 24.2 Å². The predicted molar refractivity (Wildman–Crippen MR) is 108 cm³/mol. The summed E-state index contributed by atoms with van der Waals surface area (Å²) in [6.07, 6.45) is -0.216. The first-order chi connectivity index (χ1) is 13.0. The molecular weight excluding hydrogens is 360 g/mol. The number of benzene rings is 2. The number of ether oxygens (including phenoxy) is 2. The lowest BCUT2D eigenvalue weighted by Crippen LogP contribution is -2.23. The molecule has 0 aliphatic carbocycles. The second-order valence-electron chi connectivity index (χ2n) is 7.58.